The normalized spacial score (nSPS) is 24.6. The van der Waals surface area contributed by atoms with Gasteiger partial charge >= 0.3 is 0 Å². The molecule has 1 fully saturated rings. The largest absolute Gasteiger partial charge is 0.377 e. The molecule has 2 atom stereocenters. The van der Waals surface area contributed by atoms with E-state index in [2.05, 4.69) is 53.7 Å². The van der Waals surface area contributed by atoms with Crippen molar-refractivity contribution in [2.45, 2.75) is 58.0 Å². The Morgan fingerprint density at radius 1 is 1.29 bits per heavy atom. The molecule has 1 aliphatic rings. The summed E-state index contributed by atoms with van der Waals surface area (Å²) in [7, 11) is 0. The van der Waals surface area contributed by atoms with Crippen LogP contribution in [0.15, 0.2) is 5.03 Å². The molecule has 1 saturated carbocycles. The monoisotopic (exact) mass is 309 g/mol. The van der Waals surface area contributed by atoms with Gasteiger partial charge in [0.15, 0.2) is 5.82 Å². The second-order valence-electron chi connectivity index (χ2n) is 6.81. The van der Waals surface area contributed by atoms with E-state index in [0.29, 0.717) is 11.5 Å². The molecule has 0 saturated heterocycles. The van der Waals surface area contributed by atoms with Crippen LogP contribution >= 0.6 is 11.8 Å². The molecule has 2 unspecified atom stereocenters. The van der Waals surface area contributed by atoms with Crippen molar-refractivity contribution >= 4 is 23.3 Å². The van der Waals surface area contributed by atoms with E-state index < -0.39 is 0 Å². The maximum absolute atomic E-state index is 4.16. The molecule has 0 radical (unpaired) electrons. The topological polar surface area (TPSA) is 62.7 Å². The lowest BCUT2D eigenvalue weighted by Crippen LogP contribution is -2.36. The molecule has 6 heteroatoms. The Kier molecular flexibility index (Phi) is 5.30. The predicted octanol–water partition coefficient (Wildman–Crippen LogP) is 3.65. The first kappa shape index (κ1) is 16.3. The number of hydrogen-bond donors (Lipinski definition) is 2. The summed E-state index contributed by atoms with van der Waals surface area (Å²) in [4.78, 5) is 0. The van der Waals surface area contributed by atoms with Gasteiger partial charge in [0.1, 0.15) is 10.7 Å². The highest BCUT2D eigenvalue weighted by Gasteiger charge is 2.32. The minimum Gasteiger partial charge on any atom is -0.377 e. The molecule has 0 bridgehead atoms. The maximum Gasteiger partial charge on any atom is 0.176 e. The Balaban J connectivity index is 2.21. The quantitative estimate of drug-likeness (QED) is 0.810. The summed E-state index contributed by atoms with van der Waals surface area (Å²) in [5, 5.41) is 20.0. The highest BCUT2D eigenvalue weighted by Crippen LogP contribution is 2.40. The molecule has 2 N–H and O–H groups in total. The van der Waals surface area contributed by atoms with Crippen LogP contribution in [0.2, 0.25) is 0 Å². The van der Waals surface area contributed by atoms with Gasteiger partial charge in [-0.25, -0.2) is 0 Å². The fourth-order valence-electron chi connectivity index (χ4n) is 3.53. The van der Waals surface area contributed by atoms with Crippen LogP contribution in [-0.4, -0.2) is 34.3 Å². The third kappa shape index (κ3) is 4.22. The molecule has 1 aromatic heterocycles. The van der Waals surface area contributed by atoms with Crippen LogP contribution in [0.25, 0.3) is 0 Å². The van der Waals surface area contributed by atoms with Gasteiger partial charge in [0.2, 0.25) is 0 Å². The number of nitrogens with zero attached hydrogens (tertiary/aromatic N) is 3. The van der Waals surface area contributed by atoms with Crippen LogP contribution in [0, 0.1) is 11.3 Å². The molecule has 0 spiro atoms. The van der Waals surface area contributed by atoms with Crippen molar-refractivity contribution < 1.29 is 0 Å². The SMILES string of the molecule is CCNc1nnnc(SC)c1NC1CC(C)CC(C)(C)C1. The van der Waals surface area contributed by atoms with Gasteiger partial charge in [0, 0.05) is 12.6 Å². The Morgan fingerprint density at radius 3 is 2.67 bits per heavy atom. The highest BCUT2D eigenvalue weighted by atomic mass is 32.2. The molecular formula is C15H27N5S. The average Bonchev–Trinajstić information content (AvgIpc) is 2.38. The summed E-state index contributed by atoms with van der Waals surface area (Å²) in [6.45, 7) is 9.96. The molecular weight excluding hydrogens is 282 g/mol. The average molecular weight is 309 g/mol. The van der Waals surface area contributed by atoms with Crippen LogP contribution < -0.4 is 10.6 Å². The van der Waals surface area contributed by atoms with Gasteiger partial charge in [0.05, 0.1) is 0 Å². The number of aromatic nitrogens is 3. The third-order valence-corrected chi connectivity index (χ3v) is 4.68. The third-order valence-electron chi connectivity index (χ3n) is 4.00. The first-order valence-corrected chi connectivity index (χ1v) is 8.95. The molecule has 0 aromatic carbocycles. The van der Waals surface area contributed by atoms with Crippen molar-refractivity contribution in [3.63, 3.8) is 0 Å². The zero-order valence-electron chi connectivity index (χ0n) is 13.7. The van der Waals surface area contributed by atoms with Gasteiger partial charge in [-0.05, 0) is 49.0 Å². The van der Waals surface area contributed by atoms with Crippen LogP contribution in [0.4, 0.5) is 11.5 Å². The first-order valence-electron chi connectivity index (χ1n) is 7.73. The molecule has 1 aromatic rings. The van der Waals surface area contributed by atoms with Crippen molar-refractivity contribution in [2.24, 2.45) is 11.3 Å². The van der Waals surface area contributed by atoms with Crippen LogP contribution in [-0.2, 0) is 0 Å². The lowest BCUT2D eigenvalue weighted by Gasteiger charge is -2.39. The number of thioether (sulfide) groups is 1. The highest BCUT2D eigenvalue weighted by molar-refractivity contribution is 7.98. The summed E-state index contributed by atoms with van der Waals surface area (Å²) in [5.41, 5.74) is 1.40. The molecule has 0 aliphatic heterocycles. The fraction of sp³-hybridized carbons (Fsp3) is 0.800. The van der Waals surface area contributed by atoms with Crippen molar-refractivity contribution in [1.29, 1.82) is 0 Å². The van der Waals surface area contributed by atoms with Gasteiger partial charge in [-0.1, -0.05) is 20.8 Å². The Bertz CT molecular complexity index is 477. The zero-order chi connectivity index (χ0) is 15.5. The summed E-state index contributed by atoms with van der Waals surface area (Å²) in [6, 6.07) is 0.470. The number of rotatable bonds is 5. The number of anilines is 2. The Labute approximate surface area is 132 Å². The summed E-state index contributed by atoms with van der Waals surface area (Å²) in [5.74, 6) is 1.56. The first-order chi connectivity index (χ1) is 9.95. The van der Waals surface area contributed by atoms with Gasteiger partial charge in [-0.3, -0.25) is 0 Å². The molecule has 1 aliphatic carbocycles. The summed E-state index contributed by atoms with van der Waals surface area (Å²) < 4.78 is 0. The van der Waals surface area contributed by atoms with E-state index in [0.717, 1.165) is 29.0 Å². The molecule has 0 amide bonds. The van der Waals surface area contributed by atoms with E-state index >= 15 is 0 Å². The van der Waals surface area contributed by atoms with Crippen molar-refractivity contribution in [1.82, 2.24) is 15.4 Å². The standard InChI is InChI=1S/C15H27N5S/c1-6-16-13-12(14(21-5)19-20-18-13)17-11-7-10(2)8-15(3,4)9-11/h10-11H,6-9H2,1-5H3,(H,17,20)(H,16,18,19). The summed E-state index contributed by atoms with van der Waals surface area (Å²) in [6.07, 6.45) is 5.70. The molecule has 118 valence electrons. The van der Waals surface area contributed by atoms with Crippen molar-refractivity contribution in [2.75, 3.05) is 23.4 Å². The molecule has 1 heterocycles. The molecule has 5 nitrogen and oxygen atoms in total. The van der Waals surface area contributed by atoms with E-state index in [4.69, 9.17) is 0 Å². The van der Waals surface area contributed by atoms with E-state index in [1.165, 1.54) is 19.3 Å². The fourth-order valence-corrected chi connectivity index (χ4v) is 4.01. The van der Waals surface area contributed by atoms with Gasteiger partial charge in [0.25, 0.3) is 0 Å². The predicted molar refractivity (Wildman–Crippen MR) is 90.0 cm³/mol. The van der Waals surface area contributed by atoms with E-state index in [1.54, 1.807) is 11.8 Å². The van der Waals surface area contributed by atoms with Crippen molar-refractivity contribution in [3.8, 4) is 0 Å². The van der Waals surface area contributed by atoms with Crippen LogP contribution in [0.1, 0.15) is 47.0 Å². The van der Waals surface area contributed by atoms with Gasteiger partial charge in [-0.2, -0.15) is 0 Å². The minimum absolute atomic E-state index is 0.390. The van der Waals surface area contributed by atoms with Crippen LogP contribution in [0.5, 0.6) is 0 Å². The zero-order valence-corrected chi connectivity index (χ0v) is 14.5. The lowest BCUT2D eigenvalue weighted by molar-refractivity contribution is 0.178. The number of hydrogen-bond acceptors (Lipinski definition) is 6. The Hall–Kier alpha value is -1.04. The minimum atomic E-state index is 0.390. The lowest BCUT2D eigenvalue weighted by atomic mass is 9.70. The second-order valence-corrected chi connectivity index (χ2v) is 7.60. The second kappa shape index (κ2) is 6.81. The maximum atomic E-state index is 4.16. The van der Waals surface area contributed by atoms with Gasteiger partial charge in [-0.15, -0.1) is 22.0 Å². The van der Waals surface area contributed by atoms with Crippen molar-refractivity contribution in [3.05, 3.63) is 0 Å². The Morgan fingerprint density at radius 2 is 2.05 bits per heavy atom. The molecule has 21 heavy (non-hydrogen) atoms. The van der Waals surface area contributed by atoms with Gasteiger partial charge < -0.3 is 10.6 Å². The summed E-state index contributed by atoms with van der Waals surface area (Å²) >= 11 is 1.61. The smallest absolute Gasteiger partial charge is 0.176 e. The van der Waals surface area contributed by atoms with E-state index in [-0.39, 0.29) is 0 Å². The van der Waals surface area contributed by atoms with E-state index in [1.807, 2.05) is 6.26 Å². The number of nitrogens with one attached hydrogen (secondary N) is 2. The van der Waals surface area contributed by atoms with E-state index in [9.17, 15) is 0 Å². The van der Waals surface area contributed by atoms with Crippen LogP contribution in [0.3, 0.4) is 0 Å². The molecule has 2 rings (SSSR count).